The van der Waals surface area contributed by atoms with Crippen molar-refractivity contribution < 1.29 is 99.5 Å². The van der Waals surface area contributed by atoms with Crippen LogP contribution in [0.5, 0.6) is 28.7 Å². The van der Waals surface area contributed by atoms with Gasteiger partial charge in [0.25, 0.3) is 0 Å². The van der Waals surface area contributed by atoms with Gasteiger partial charge in [0.05, 0.1) is 91.5 Å². The average Bonchev–Trinajstić information content (AvgIpc) is 1.52. The molecular formula is C108H143FO20. The molecule has 702 valence electrons. The fraction of sp³-hybridized carbons (Fsp3) is 0.648. The molecule has 5 aromatic carbocycles. The van der Waals surface area contributed by atoms with Crippen molar-refractivity contribution in [1.29, 1.82) is 0 Å². The molecule has 5 aromatic rings. The van der Waals surface area contributed by atoms with E-state index in [-0.39, 0.29) is 59.4 Å². The first kappa shape index (κ1) is 95.7. The van der Waals surface area contributed by atoms with Crippen molar-refractivity contribution in [2.75, 3.05) is 13.2 Å². The Labute approximate surface area is 764 Å². The number of hydrogen-bond donors (Lipinski definition) is 0. The van der Waals surface area contributed by atoms with Crippen molar-refractivity contribution in [3.05, 3.63) is 155 Å². The summed E-state index contributed by atoms with van der Waals surface area (Å²) in [6.07, 6.45) is 35.0. The summed E-state index contributed by atoms with van der Waals surface area (Å²) in [6, 6.07) is 35.6. The van der Waals surface area contributed by atoms with E-state index in [9.17, 15) is 33.2 Å². The molecule has 5 heterocycles. The first-order chi connectivity index (χ1) is 62.3. The molecule has 14 aliphatic rings. The summed E-state index contributed by atoms with van der Waals surface area (Å²) in [5, 5.41) is 0. The second-order valence-corrected chi connectivity index (χ2v) is 40.2. The van der Waals surface area contributed by atoms with Gasteiger partial charge in [-0.1, -0.05) is 162 Å². The number of esters is 6. The van der Waals surface area contributed by atoms with E-state index in [2.05, 4.69) is 110 Å². The van der Waals surface area contributed by atoms with E-state index in [4.69, 9.17) is 66.3 Å². The number of epoxide rings is 4. The van der Waals surface area contributed by atoms with E-state index >= 15 is 0 Å². The Hall–Kier alpha value is -7.89. The normalized spacial score (nSPS) is 31.0. The van der Waals surface area contributed by atoms with Gasteiger partial charge in [-0.25, -0.2) is 18.8 Å². The summed E-state index contributed by atoms with van der Waals surface area (Å²) in [4.78, 5) is 73.2. The van der Waals surface area contributed by atoms with Crippen LogP contribution in [0.25, 0.3) is 6.08 Å². The Morgan fingerprint density at radius 2 is 0.969 bits per heavy atom. The molecule has 0 spiro atoms. The predicted octanol–water partition coefficient (Wildman–Crippen LogP) is 22.8. The molecule has 9 aliphatic carbocycles. The van der Waals surface area contributed by atoms with Gasteiger partial charge >= 0.3 is 35.8 Å². The zero-order valence-electron chi connectivity index (χ0n) is 78.2. The molecule has 14 fully saturated rings. The maximum Gasteiger partial charge on any atom is 0.352 e. The fourth-order valence-electron chi connectivity index (χ4n) is 21.6. The lowest BCUT2D eigenvalue weighted by atomic mass is 9.67. The summed E-state index contributed by atoms with van der Waals surface area (Å²) in [5.41, 5.74) is 4.96. The maximum absolute atomic E-state index is 14.6. The average molecular weight is 1780 g/mol. The number of halogens is 1. The zero-order chi connectivity index (χ0) is 90.7. The smallest absolute Gasteiger partial charge is 0.352 e. The van der Waals surface area contributed by atoms with E-state index in [0.29, 0.717) is 153 Å². The number of benzene rings is 5. The number of fused-ring (bicyclic) bond motifs is 11. The van der Waals surface area contributed by atoms with Crippen molar-refractivity contribution >= 4 is 41.9 Å². The minimum Gasteiger partial charge on any atom is -0.490 e. The van der Waals surface area contributed by atoms with E-state index < -0.39 is 41.4 Å². The van der Waals surface area contributed by atoms with Crippen LogP contribution >= 0.6 is 0 Å². The number of rotatable bonds is 31. The molecule has 0 amide bonds. The van der Waals surface area contributed by atoms with E-state index in [1.807, 2.05) is 54.6 Å². The molecule has 129 heavy (non-hydrogen) atoms. The molecule has 5 aliphatic heterocycles. The molecule has 0 N–H and O–H groups in total. The maximum atomic E-state index is 14.6. The summed E-state index contributed by atoms with van der Waals surface area (Å²) in [5.74, 6) is 5.51. The van der Waals surface area contributed by atoms with Crippen molar-refractivity contribution in [2.24, 2.45) is 35.0 Å². The molecule has 19 rings (SSSR count). The Balaban J connectivity index is 0.000000129. The number of ether oxygens (including phenoxy) is 14. The summed E-state index contributed by atoms with van der Waals surface area (Å²) in [7, 11) is 0. The van der Waals surface area contributed by atoms with Crippen molar-refractivity contribution in [1.82, 2.24) is 0 Å². The van der Waals surface area contributed by atoms with Crippen molar-refractivity contribution in [3.63, 3.8) is 0 Å². The fourth-order valence-corrected chi connectivity index (χ4v) is 21.6. The van der Waals surface area contributed by atoms with Gasteiger partial charge in [-0.15, -0.1) is 0 Å². The number of carbonyl (C=O) groups is 6. The van der Waals surface area contributed by atoms with Gasteiger partial charge < -0.3 is 66.3 Å². The van der Waals surface area contributed by atoms with Gasteiger partial charge in [0.15, 0.2) is 6.10 Å². The first-order valence-electron chi connectivity index (χ1n) is 49.6. The van der Waals surface area contributed by atoms with Gasteiger partial charge in [-0.2, -0.15) is 0 Å². The number of alkyl halides is 1. The van der Waals surface area contributed by atoms with E-state index in [0.717, 1.165) is 157 Å². The molecular weight excluding hydrogens is 1640 g/mol. The minimum atomic E-state index is -1.95. The van der Waals surface area contributed by atoms with Crippen LogP contribution in [-0.2, 0) is 84.6 Å². The molecule has 4 bridgehead atoms. The number of cyclic esters (lactones) is 1. The van der Waals surface area contributed by atoms with Gasteiger partial charge in [0.2, 0.25) is 11.8 Å². The van der Waals surface area contributed by atoms with Crippen LogP contribution < -0.4 is 23.7 Å². The molecule has 5 saturated heterocycles. The Morgan fingerprint density at radius 3 is 1.45 bits per heavy atom. The third-order valence-electron chi connectivity index (χ3n) is 31.4. The highest BCUT2D eigenvalue weighted by Gasteiger charge is 2.72. The van der Waals surface area contributed by atoms with Crippen LogP contribution in [0.2, 0.25) is 0 Å². The van der Waals surface area contributed by atoms with Gasteiger partial charge in [-0.3, -0.25) is 14.4 Å². The third kappa shape index (κ3) is 24.2. The minimum absolute atomic E-state index is 0.00740. The molecule has 20 nitrogen and oxygen atoms in total. The Morgan fingerprint density at radius 1 is 0.496 bits per heavy atom. The lowest BCUT2D eigenvalue weighted by Gasteiger charge is -2.36. The zero-order valence-corrected chi connectivity index (χ0v) is 78.2. The van der Waals surface area contributed by atoms with Crippen LogP contribution in [0.1, 0.15) is 337 Å². The third-order valence-corrected chi connectivity index (χ3v) is 31.4. The summed E-state index contributed by atoms with van der Waals surface area (Å²) in [6.45, 7) is 26.3. The van der Waals surface area contributed by atoms with Crippen LogP contribution in [-0.4, -0.2) is 133 Å². The van der Waals surface area contributed by atoms with Crippen LogP contribution in [0.3, 0.4) is 0 Å². The molecule has 9 saturated carbocycles. The van der Waals surface area contributed by atoms with Gasteiger partial charge in [0.1, 0.15) is 47.1 Å². The van der Waals surface area contributed by atoms with Gasteiger partial charge in [-0.05, 0) is 291 Å². The standard InChI is InChI=1S/C36H53FO6.C21H28O3.C18H22O3.C17H22O3.C16H18O5/c1-4-27-22-28(24-40-30-12-8-6-9-13-30)32(29(23-27)25-41-31-14-10-7-11-15-31)39-20-21-42-35-16-18-36(26-35,19-17-35)43-33(38)34(3,37)5-2;1-3-13(2)14-6-8-18(9-7-14)23-21(22)16-5-4-15-11-19-20(24-19)12-17(15)10-16;1-3-11(2)12-4-6-14(7-5-12)20-17(19)18-9-8-13(10-18)15-16(18)21-15;1-3-11(2)12-4-7-14(8-5-12)19-17(18)13-6-9-15-16(10-13)20-15;1-3-9(2)10-4-6-11(7-5-10)19-15(17)13-8-12-14(20-12)16(18)21-13/h4,22-23,30-31H,1,5-21,24-26H2,2-3H3;6-9,13,15-17,19-20H,3-5,10-12H2,1-2H3;4-7,11,13,15-16H,3,8-10H2,1-2H3;4-5,7-8,11,13,15-16H,3,6,9-10H2,1-2H3;4-7,9,12-14H,3,8H2,1-2H3. The second kappa shape index (κ2) is 43.0. The van der Waals surface area contributed by atoms with E-state index in [1.165, 1.54) is 74.1 Å². The largest absolute Gasteiger partial charge is 0.490 e. The van der Waals surface area contributed by atoms with Crippen molar-refractivity contribution in [2.45, 2.75) is 396 Å². The van der Waals surface area contributed by atoms with Crippen LogP contribution in [0.15, 0.2) is 116 Å². The lowest BCUT2D eigenvalue weighted by Crippen LogP contribution is -2.39. The molecule has 20 unspecified atom stereocenters. The van der Waals surface area contributed by atoms with Crippen LogP contribution in [0.4, 0.5) is 4.39 Å². The summed E-state index contributed by atoms with van der Waals surface area (Å²) < 4.78 is 95.2. The highest BCUT2D eigenvalue weighted by atomic mass is 19.1. The Bertz CT molecular complexity index is 4540. The number of carbonyl (C=O) groups excluding carboxylic acids is 6. The van der Waals surface area contributed by atoms with Gasteiger partial charge in [0, 0.05) is 24.0 Å². The quantitative estimate of drug-likeness (QED) is 0.0173. The predicted molar refractivity (Wildman–Crippen MR) is 489 cm³/mol. The SMILES string of the molecule is C=Cc1cc(COC2CCCCC2)c(OCCOC23CCC(OC(=O)C(C)(F)CC)(CC2)C3)c(COC2CCCCC2)c1.CCC(C)c1ccc(OC(=O)C23CCC(C2)C2OC23)cc1.CCC(C)c1ccc(OC(=O)C2CC3OC3C(=O)O2)cc1.CCC(C)c1ccc(OC(=O)C2CCC3CC4OC4CC3C2)cc1.CCC(C)c1ccc(OC(=O)C2CCC3OC3C2)cc1. The molecule has 21 heteroatoms. The lowest BCUT2D eigenvalue weighted by molar-refractivity contribution is -0.172. The summed E-state index contributed by atoms with van der Waals surface area (Å²) >= 11 is 0. The van der Waals surface area contributed by atoms with Crippen LogP contribution in [0, 0.1) is 35.0 Å². The number of hydrogen-bond acceptors (Lipinski definition) is 20. The second-order valence-electron chi connectivity index (χ2n) is 40.2. The van der Waals surface area contributed by atoms with Crippen molar-refractivity contribution in [3.8, 4) is 28.7 Å². The highest BCUT2D eigenvalue weighted by Crippen LogP contribution is 2.64. The molecule has 0 aromatic heterocycles. The van der Waals surface area contributed by atoms with E-state index in [1.54, 1.807) is 19.1 Å². The first-order valence-corrected chi connectivity index (χ1v) is 49.6. The molecule has 0 radical (unpaired) electrons. The molecule has 20 atom stereocenters. The topological polar surface area (TPSA) is 245 Å². The Kier molecular flexibility index (Phi) is 31.9. The highest BCUT2D eigenvalue weighted by molar-refractivity contribution is 5.86. The monoisotopic (exact) mass is 1780 g/mol.